The van der Waals surface area contributed by atoms with E-state index in [0.717, 1.165) is 5.92 Å². The Morgan fingerprint density at radius 2 is 2.31 bits per heavy atom. The fourth-order valence-electron chi connectivity index (χ4n) is 2.62. The molecule has 0 spiro atoms. The molecule has 3 heteroatoms. The first-order chi connectivity index (χ1) is 7.70. The third-order valence-corrected chi connectivity index (χ3v) is 5.26. The zero-order valence-corrected chi connectivity index (χ0v) is 10.9. The van der Waals surface area contributed by atoms with E-state index in [-0.39, 0.29) is 0 Å². The Balaban J connectivity index is 1.55. The van der Waals surface area contributed by atoms with Crippen LogP contribution in [0.5, 0.6) is 0 Å². The molecule has 2 aliphatic rings. The summed E-state index contributed by atoms with van der Waals surface area (Å²) in [6, 6.07) is 0.474. The van der Waals surface area contributed by atoms with Gasteiger partial charge in [0.1, 0.15) is 0 Å². The number of hydrogen-bond donors (Lipinski definition) is 1. The maximum absolute atomic E-state index is 4.32. The minimum atomic E-state index is 0.474. The Morgan fingerprint density at radius 1 is 1.56 bits per heavy atom. The summed E-state index contributed by atoms with van der Waals surface area (Å²) in [5, 5.41) is 4.88. The van der Waals surface area contributed by atoms with E-state index in [1.54, 1.807) is 0 Å². The standard InChI is InChI=1S/C13H20N2S/c1-9(12-7-14-10(2)16-12)15-8-13(5-6-13)11-3-4-11/h7,9,11,15H,3-6,8H2,1-2H3. The van der Waals surface area contributed by atoms with Crippen LogP contribution in [0.3, 0.4) is 0 Å². The van der Waals surface area contributed by atoms with Crippen molar-refractivity contribution >= 4 is 11.3 Å². The van der Waals surface area contributed by atoms with E-state index < -0.39 is 0 Å². The predicted octanol–water partition coefficient (Wildman–Crippen LogP) is 3.29. The summed E-state index contributed by atoms with van der Waals surface area (Å²) in [5.74, 6) is 1.05. The summed E-state index contributed by atoms with van der Waals surface area (Å²) in [5.41, 5.74) is 0.702. The van der Waals surface area contributed by atoms with Gasteiger partial charge in [-0.1, -0.05) is 0 Å². The molecule has 0 saturated heterocycles. The van der Waals surface area contributed by atoms with Gasteiger partial charge in [-0.15, -0.1) is 11.3 Å². The lowest BCUT2D eigenvalue weighted by Crippen LogP contribution is -2.27. The highest BCUT2D eigenvalue weighted by molar-refractivity contribution is 7.11. The second-order valence-electron chi connectivity index (χ2n) is 5.52. The van der Waals surface area contributed by atoms with Crippen molar-refractivity contribution in [3.63, 3.8) is 0 Å². The zero-order chi connectivity index (χ0) is 11.2. The quantitative estimate of drug-likeness (QED) is 0.848. The minimum Gasteiger partial charge on any atom is -0.309 e. The number of nitrogens with one attached hydrogen (secondary N) is 1. The molecule has 2 aliphatic carbocycles. The van der Waals surface area contributed by atoms with E-state index >= 15 is 0 Å². The van der Waals surface area contributed by atoms with Gasteiger partial charge < -0.3 is 5.32 Å². The van der Waals surface area contributed by atoms with Crippen molar-refractivity contribution in [3.05, 3.63) is 16.1 Å². The lowest BCUT2D eigenvalue weighted by Gasteiger charge is -2.18. The summed E-state index contributed by atoms with van der Waals surface area (Å²) in [4.78, 5) is 5.70. The molecule has 88 valence electrons. The Bertz CT molecular complexity index is 377. The smallest absolute Gasteiger partial charge is 0.0897 e. The minimum absolute atomic E-state index is 0.474. The van der Waals surface area contributed by atoms with Gasteiger partial charge in [-0.2, -0.15) is 0 Å². The van der Waals surface area contributed by atoms with Gasteiger partial charge in [-0.25, -0.2) is 4.98 Å². The second-order valence-corrected chi connectivity index (χ2v) is 6.79. The Hall–Kier alpha value is -0.410. The zero-order valence-electron chi connectivity index (χ0n) is 10.1. The summed E-state index contributed by atoms with van der Waals surface area (Å²) in [7, 11) is 0. The van der Waals surface area contributed by atoms with Gasteiger partial charge in [0.25, 0.3) is 0 Å². The van der Waals surface area contributed by atoms with E-state index in [4.69, 9.17) is 0 Å². The third-order valence-electron chi connectivity index (χ3n) is 4.16. The highest BCUT2D eigenvalue weighted by Crippen LogP contribution is 2.60. The van der Waals surface area contributed by atoms with Crippen LogP contribution in [0.4, 0.5) is 0 Å². The van der Waals surface area contributed by atoms with Gasteiger partial charge >= 0.3 is 0 Å². The van der Waals surface area contributed by atoms with Crippen LogP contribution in [0.15, 0.2) is 6.20 Å². The third kappa shape index (κ3) is 2.03. The van der Waals surface area contributed by atoms with Crippen LogP contribution in [0.25, 0.3) is 0 Å². The SMILES string of the molecule is Cc1ncc(C(C)NCC2(C3CC3)CC2)s1. The number of hydrogen-bond acceptors (Lipinski definition) is 3. The van der Waals surface area contributed by atoms with Crippen molar-refractivity contribution < 1.29 is 0 Å². The Morgan fingerprint density at radius 3 is 2.81 bits per heavy atom. The van der Waals surface area contributed by atoms with E-state index in [9.17, 15) is 0 Å². The van der Waals surface area contributed by atoms with Gasteiger partial charge in [0, 0.05) is 23.7 Å². The molecule has 1 unspecified atom stereocenters. The van der Waals surface area contributed by atoms with Gasteiger partial charge in [-0.3, -0.25) is 0 Å². The molecule has 0 bridgehead atoms. The molecule has 1 aromatic rings. The van der Waals surface area contributed by atoms with Crippen LogP contribution in [-0.2, 0) is 0 Å². The summed E-state index contributed by atoms with van der Waals surface area (Å²) in [6.45, 7) is 5.55. The van der Waals surface area contributed by atoms with Crippen LogP contribution < -0.4 is 5.32 Å². The maximum atomic E-state index is 4.32. The van der Waals surface area contributed by atoms with Crippen molar-refractivity contribution in [1.29, 1.82) is 0 Å². The molecule has 0 amide bonds. The topological polar surface area (TPSA) is 24.9 Å². The van der Waals surface area contributed by atoms with E-state index in [1.807, 2.05) is 17.5 Å². The molecule has 1 heterocycles. The first kappa shape index (κ1) is 10.7. The number of thiazole rings is 1. The van der Waals surface area contributed by atoms with Gasteiger partial charge in [0.05, 0.1) is 5.01 Å². The first-order valence-corrected chi connectivity index (χ1v) is 7.17. The average molecular weight is 236 g/mol. The van der Waals surface area contributed by atoms with Crippen LogP contribution in [0.1, 0.15) is 48.5 Å². The average Bonchev–Trinajstić information content (AvgIpc) is 3.14. The van der Waals surface area contributed by atoms with Crippen LogP contribution in [0.2, 0.25) is 0 Å². The number of aryl methyl sites for hydroxylation is 1. The molecular weight excluding hydrogens is 216 g/mol. The summed E-state index contributed by atoms with van der Waals surface area (Å²) < 4.78 is 0. The Labute approximate surface area is 101 Å². The Kier molecular flexibility index (Phi) is 2.55. The molecule has 16 heavy (non-hydrogen) atoms. The van der Waals surface area contributed by atoms with Crippen LogP contribution in [-0.4, -0.2) is 11.5 Å². The van der Waals surface area contributed by atoms with E-state index in [1.165, 1.54) is 42.1 Å². The van der Waals surface area contributed by atoms with E-state index in [2.05, 4.69) is 24.1 Å². The lowest BCUT2D eigenvalue weighted by molar-refractivity contribution is 0.383. The normalized spacial score (nSPS) is 24.4. The number of nitrogens with zero attached hydrogens (tertiary/aromatic N) is 1. The molecule has 1 atom stereocenters. The molecule has 0 radical (unpaired) electrons. The molecule has 2 nitrogen and oxygen atoms in total. The van der Waals surface area contributed by atoms with Crippen molar-refractivity contribution in [2.75, 3.05) is 6.54 Å². The van der Waals surface area contributed by atoms with Crippen LogP contribution in [0, 0.1) is 18.3 Å². The van der Waals surface area contributed by atoms with Gasteiger partial charge in [0.15, 0.2) is 0 Å². The summed E-state index contributed by atoms with van der Waals surface area (Å²) in [6.07, 6.45) is 7.90. The molecule has 0 aliphatic heterocycles. The van der Waals surface area contributed by atoms with Gasteiger partial charge in [-0.05, 0) is 50.9 Å². The van der Waals surface area contributed by atoms with E-state index in [0.29, 0.717) is 11.5 Å². The van der Waals surface area contributed by atoms with Crippen molar-refractivity contribution in [3.8, 4) is 0 Å². The highest BCUT2D eigenvalue weighted by atomic mass is 32.1. The van der Waals surface area contributed by atoms with Crippen LogP contribution >= 0.6 is 11.3 Å². The molecule has 3 rings (SSSR count). The molecule has 1 N–H and O–H groups in total. The molecule has 1 aromatic heterocycles. The monoisotopic (exact) mass is 236 g/mol. The molecular formula is C13H20N2S. The van der Waals surface area contributed by atoms with Crippen molar-refractivity contribution in [1.82, 2.24) is 10.3 Å². The number of aromatic nitrogens is 1. The largest absolute Gasteiger partial charge is 0.309 e. The predicted molar refractivity (Wildman–Crippen MR) is 67.7 cm³/mol. The molecule has 0 aromatic carbocycles. The van der Waals surface area contributed by atoms with Gasteiger partial charge in [0.2, 0.25) is 0 Å². The highest BCUT2D eigenvalue weighted by Gasteiger charge is 2.53. The van der Waals surface area contributed by atoms with Crippen molar-refractivity contribution in [2.24, 2.45) is 11.3 Å². The lowest BCUT2D eigenvalue weighted by atomic mass is 10.0. The molecule has 2 fully saturated rings. The summed E-state index contributed by atoms with van der Waals surface area (Å²) >= 11 is 1.82. The fourth-order valence-corrected chi connectivity index (χ4v) is 3.43. The second kappa shape index (κ2) is 3.81. The van der Waals surface area contributed by atoms with Crippen molar-refractivity contribution in [2.45, 2.75) is 45.6 Å². The fraction of sp³-hybridized carbons (Fsp3) is 0.769. The molecule has 2 saturated carbocycles. The maximum Gasteiger partial charge on any atom is 0.0897 e. The number of rotatable bonds is 5. The first-order valence-electron chi connectivity index (χ1n) is 6.35.